The lowest BCUT2D eigenvalue weighted by Gasteiger charge is -2.15. The normalized spacial score (nSPS) is 14.6. The third-order valence-electron chi connectivity index (χ3n) is 2.99. The molecule has 0 spiro atoms. The Labute approximate surface area is 139 Å². The van der Waals surface area contributed by atoms with Crippen LogP contribution in [0.1, 0.15) is 5.76 Å². The van der Waals surface area contributed by atoms with Gasteiger partial charge in [0.1, 0.15) is 17.1 Å². The molecule has 2 aromatic rings. The van der Waals surface area contributed by atoms with Gasteiger partial charge in [-0.1, -0.05) is 28.1 Å². The first-order valence-electron chi connectivity index (χ1n) is 6.27. The molecule has 2 amide bonds. The quantitative estimate of drug-likeness (QED) is 0.480. The lowest BCUT2D eigenvalue weighted by molar-refractivity contribution is -0.123. The Hall–Kier alpha value is -2.25. The Morgan fingerprint density at radius 1 is 1.00 bits per heavy atom. The number of thiocarbonyl (C=S) groups is 1. The monoisotopic (exact) mass is 376 g/mol. The van der Waals surface area contributed by atoms with E-state index < -0.39 is 11.8 Å². The number of carbonyl (C=O) groups is 2. The molecular weight excluding hydrogens is 368 g/mol. The summed E-state index contributed by atoms with van der Waals surface area (Å²) in [6.07, 6.45) is 1.38. The van der Waals surface area contributed by atoms with E-state index in [9.17, 15) is 9.59 Å². The number of nitrogens with one attached hydrogen (secondary N) is 2. The molecule has 1 aliphatic heterocycles. The molecule has 1 aliphatic rings. The zero-order valence-electron chi connectivity index (χ0n) is 11.1. The number of hydrogen-bond acceptors (Lipinski definition) is 4. The molecule has 1 saturated heterocycles. The molecule has 0 saturated carbocycles. The van der Waals surface area contributed by atoms with Crippen molar-refractivity contribution in [2.24, 2.45) is 0 Å². The predicted octanol–water partition coefficient (Wildman–Crippen LogP) is 2.62. The zero-order chi connectivity index (χ0) is 15.7. The maximum atomic E-state index is 11.8. The first-order valence-corrected chi connectivity index (χ1v) is 7.47. The second-order valence-electron chi connectivity index (χ2n) is 4.50. The third kappa shape index (κ3) is 3.00. The molecule has 0 unspecified atom stereocenters. The molecule has 5 nitrogen and oxygen atoms in total. The minimum atomic E-state index is -0.546. The van der Waals surface area contributed by atoms with Crippen LogP contribution in [0, 0.1) is 0 Å². The highest BCUT2D eigenvalue weighted by molar-refractivity contribution is 9.10. The van der Waals surface area contributed by atoms with Crippen LogP contribution in [-0.4, -0.2) is 16.9 Å². The molecule has 1 aromatic heterocycles. The van der Waals surface area contributed by atoms with Gasteiger partial charge in [0.05, 0.1) is 0 Å². The number of carbonyl (C=O) groups excluding carboxylic acids is 2. The van der Waals surface area contributed by atoms with E-state index in [4.69, 9.17) is 16.6 Å². The Morgan fingerprint density at radius 3 is 2.27 bits per heavy atom. The van der Waals surface area contributed by atoms with Crippen molar-refractivity contribution in [3.63, 3.8) is 0 Å². The van der Waals surface area contributed by atoms with Gasteiger partial charge in [-0.15, -0.1) is 0 Å². The Bertz CT molecular complexity index is 786. The summed E-state index contributed by atoms with van der Waals surface area (Å²) in [4.78, 5) is 23.5. The molecular formula is C15H9BrN2O3S. The Morgan fingerprint density at radius 2 is 1.64 bits per heavy atom. The van der Waals surface area contributed by atoms with Gasteiger partial charge in [0.2, 0.25) is 0 Å². The summed E-state index contributed by atoms with van der Waals surface area (Å²) in [6.45, 7) is 0. The molecule has 3 rings (SSSR count). The molecule has 0 radical (unpaired) electrons. The van der Waals surface area contributed by atoms with Crippen molar-refractivity contribution < 1.29 is 14.0 Å². The van der Waals surface area contributed by atoms with Gasteiger partial charge >= 0.3 is 0 Å². The topological polar surface area (TPSA) is 71.3 Å². The van der Waals surface area contributed by atoms with Crippen molar-refractivity contribution in [1.82, 2.24) is 10.6 Å². The van der Waals surface area contributed by atoms with E-state index in [2.05, 4.69) is 26.6 Å². The maximum Gasteiger partial charge on any atom is 0.263 e. The molecule has 1 aromatic carbocycles. The molecule has 1 fully saturated rings. The van der Waals surface area contributed by atoms with E-state index >= 15 is 0 Å². The fourth-order valence-electron chi connectivity index (χ4n) is 1.95. The molecule has 7 heteroatoms. The highest BCUT2D eigenvalue weighted by Gasteiger charge is 2.26. The smallest absolute Gasteiger partial charge is 0.263 e. The highest BCUT2D eigenvalue weighted by Crippen LogP contribution is 2.25. The predicted molar refractivity (Wildman–Crippen MR) is 88.7 cm³/mol. The summed E-state index contributed by atoms with van der Waals surface area (Å²) < 4.78 is 6.62. The second kappa shape index (κ2) is 5.86. The van der Waals surface area contributed by atoms with Crippen molar-refractivity contribution in [2.75, 3.05) is 0 Å². The number of furan rings is 1. The van der Waals surface area contributed by atoms with Crippen LogP contribution in [0.4, 0.5) is 0 Å². The lowest BCUT2D eigenvalue weighted by atomic mass is 10.1. The van der Waals surface area contributed by atoms with Gasteiger partial charge in [-0.2, -0.15) is 0 Å². The van der Waals surface area contributed by atoms with E-state index in [-0.39, 0.29) is 10.7 Å². The summed E-state index contributed by atoms with van der Waals surface area (Å²) in [5, 5.41) is 4.74. The molecule has 110 valence electrons. The number of rotatable bonds is 2. The van der Waals surface area contributed by atoms with E-state index in [1.807, 2.05) is 24.3 Å². The van der Waals surface area contributed by atoms with Gasteiger partial charge in [0.25, 0.3) is 11.8 Å². The van der Waals surface area contributed by atoms with Crippen LogP contribution < -0.4 is 10.6 Å². The summed E-state index contributed by atoms with van der Waals surface area (Å²) in [6, 6.07) is 11.1. The largest absolute Gasteiger partial charge is 0.457 e. The van der Waals surface area contributed by atoms with E-state index in [0.717, 1.165) is 10.0 Å². The first kappa shape index (κ1) is 14.7. The molecule has 0 atom stereocenters. The molecule has 22 heavy (non-hydrogen) atoms. The fourth-order valence-corrected chi connectivity index (χ4v) is 2.40. The van der Waals surface area contributed by atoms with Crippen LogP contribution in [-0.2, 0) is 9.59 Å². The van der Waals surface area contributed by atoms with Crippen molar-refractivity contribution in [3.05, 3.63) is 52.2 Å². The van der Waals surface area contributed by atoms with Crippen LogP contribution in [0.2, 0.25) is 0 Å². The average Bonchev–Trinajstić information content (AvgIpc) is 2.92. The van der Waals surface area contributed by atoms with Gasteiger partial charge in [-0.3, -0.25) is 20.2 Å². The van der Waals surface area contributed by atoms with Crippen LogP contribution in [0.25, 0.3) is 17.4 Å². The summed E-state index contributed by atoms with van der Waals surface area (Å²) in [5.41, 5.74) is 0.844. The van der Waals surface area contributed by atoms with Crippen molar-refractivity contribution in [1.29, 1.82) is 0 Å². The maximum absolute atomic E-state index is 11.8. The number of amides is 2. The minimum absolute atomic E-state index is 0.00199. The standard InChI is InChI=1S/C15H9BrN2O3S/c16-9-3-1-8(2-4-9)12-6-5-10(21-12)7-11-13(19)17-15(22)18-14(11)20/h1-7H,(H2,17,18,19,20,22). The van der Waals surface area contributed by atoms with Gasteiger partial charge in [0, 0.05) is 10.0 Å². The zero-order valence-corrected chi connectivity index (χ0v) is 13.5. The summed E-state index contributed by atoms with van der Waals surface area (Å²) >= 11 is 8.10. The van der Waals surface area contributed by atoms with Gasteiger partial charge in [-0.05, 0) is 42.6 Å². The molecule has 2 N–H and O–H groups in total. The van der Waals surface area contributed by atoms with Crippen LogP contribution in [0.5, 0.6) is 0 Å². The summed E-state index contributed by atoms with van der Waals surface area (Å²) in [5.74, 6) is -0.0387. The SMILES string of the molecule is O=C1NC(=S)NC(=O)C1=Cc1ccc(-c2ccc(Br)cc2)o1. The van der Waals surface area contributed by atoms with Crippen LogP contribution in [0.3, 0.4) is 0 Å². The lowest BCUT2D eigenvalue weighted by Crippen LogP contribution is -2.51. The van der Waals surface area contributed by atoms with Gasteiger partial charge < -0.3 is 4.42 Å². The minimum Gasteiger partial charge on any atom is -0.457 e. The Balaban J connectivity index is 1.89. The highest BCUT2D eigenvalue weighted by atomic mass is 79.9. The third-order valence-corrected chi connectivity index (χ3v) is 3.72. The molecule has 0 bridgehead atoms. The number of halogens is 1. The van der Waals surface area contributed by atoms with Crippen LogP contribution >= 0.6 is 28.1 Å². The van der Waals surface area contributed by atoms with Crippen molar-refractivity contribution in [2.45, 2.75) is 0 Å². The molecule has 2 heterocycles. The van der Waals surface area contributed by atoms with Gasteiger partial charge in [0.15, 0.2) is 5.11 Å². The first-order chi connectivity index (χ1) is 10.5. The number of benzene rings is 1. The van der Waals surface area contributed by atoms with E-state index in [0.29, 0.717) is 11.5 Å². The van der Waals surface area contributed by atoms with E-state index in [1.165, 1.54) is 6.08 Å². The van der Waals surface area contributed by atoms with Crippen LogP contribution in [0.15, 0.2) is 50.9 Å². The Kier molecular flexibility index (Phi) is 3.91. The van der Waals surface area contributed by atoms with Crippen molar-refractivity contribution in [3.8, 4) is 11.3 Å². The summed E-state index contributed by atoms with van der Waals surface area (Å²) in [7, 11) is 0. The number of hydrogen-bond donors (Lipinski definition) is 2. The fraction of sp³-hybridized carbons (Fsp3) is 0. The molecule has 0 aliphatic carbocycles. The second-order valence-corrected chi connectivity index (χ2v) is 5.83. The van der Waals surface area contributed by atoms with Gasteiger partial charge in [-0.25, -0.2) is 0 Å². The van der Waals surface area contributed by atoms with Crippen molar-refractivity contribution >= 4 is 51.2 Å². The van der Waals surface area contributed by atoms with E-state index in [1.54, 1.807) is 12.1 Å². The average molecular weight is 377 g/mol.